The van der Waals surface area contributed by atoms with Gasteiger partial charge in [0, 0.05) is 22.4 Å². The Morgan fingerprint density at radius 2 is 1.56 bits per heavy atom. The summed E-state index contributed by atoms with van der Waals surface area (Å²) >= 11 is 6.24. The van der Waals surface area contributed by atoms with Crippen LogP contribution in [0.2, 0.25) is 0 Å². The molecule has 0 heterocycles. The van der Waals surface area contributed by atoms with E-state index in [0.717, 1.165) is 9.13 Å². The van der Waals surface area contributed by atoms with E-state index in [-0.39, 0.29) is 18.8 Å². The van der Waals surface area contributed by atoms with Gasteiger partial charge in [0.1, 0.15) is 24.7 Å². The van der Waals surface area contributed by atoms with Crippen LogP contribution < -0.4 is 21.7 Å². The minimum Gasteiger partial charge on any atom is -0.372 e. The van der Waals surface area contributed by atoms with Crippen LogP contribution in [0.15, 0.2) is 24.3 Å². The van der Waals surface area contributed by atoms with Gasteiger partial charge in [0.25, 0.3) is 0 Å². The molecule has 0 aliphatic heterocycles. The summed E-state index contributed by atoms with van der Waals surface area (Å²) in [5.41, 5.74) is 6.15. The van der Waals surface area contributed by atoms with Crippen LogP contribution in [0, 0.1) is 9.49 Å². The lowest BCUT2D eigenvalue weighted by Crippen LogP contribution is -2.57. The lowest BCUT2D eigenvalue weighted by Gasteiger charge is -2.25. The fourth-order valence-electron chi connectivity index (χ4n) is 3.02. The van der Waals surface area contributed by atoms with E-state index >= 15 is 0 Å². The molecule has 0 fully saturated rings. The Labute approximate surface area is 220 Å². The highest BCUT2D eigenvalue weighted by Gasteiger charge is 2.29. The number of carbonyl (C=O) groups excluding carboxylic acids is 4. The molecule has 1 aromatic carbocycles. The summed E-state index contributed by atoms with van der Waals surface area (Å²) in [6.07, 6.45) is 1.29. The van der Waals surface area contributed by atoms with Gasteiger partial charge >= 0.3 is 0 Å². The molecule has 0 saturated heterocycles. The van der Waals surface area contributed by atoms with E-state index in [0.29, 0.717) is 25.4 Å². The smallest absolute Gasteiger partial charge is 0.246 e. The van der Waals surface area contributed by atoms with Crippen molar-refractivity contribution in [2.75, 3.05) is 19.0 Å². The highest BCUT2D eigenvalue weighted by atomic mass is 127. The van der Waals surface area contributed by atoms with Crippen LogP contribution in [0.1, 0.15) is 39.2 Å². The van der Waals surface area contributed by atoms with Crippen LogP contribution >= 0.6 is 35.2 Å². The molecule has 9 nitrogen and oxygen atoms in total. The van der Waals surface area contributed by atoms with E-state index < -0.39 is 41.8 Å². The van der Waals surface area contributed by atoms with E-state index in [9.17, 15) is 19.2 Å². The molecular weight excluding hydrogens is 571 g/mol. The van der Waals surface area contributed by atoms with E-state index in [1.54, 1.807) is 6.92 Å². The van der Waals surface area contributed by atoms with Crippen molar-refractivity contribution in [2.45, 2.75) is 58.2 Å². The second-order valence-corrected chi connectivity index (χ2v) is 9.88. The maximum atomic E-state index is 13.2. The summed E-state index contributed by atoms with van der Waals surface area (Å²) < 4.78 is 6.16. The largest absolute Gasteiger partial charge is 0.372 e. The zero-order chi connectivity index (χ0) is 25.7. The first-order valence-corrected chi connectivity index (χ1v) is 12.9. The monoisotopic (exact) mass is 606 g/mol. The number of carbonyl (C=O) groups is 4. The molecule has 3 atom stereocenters. The van der Waals surface area contributed by atoms with Crippen molar-refractivity contribution in [1.29, 1.82) is 0 Å². The molecule has 0 radical (unpaired) electrons. The number of hydrogen-bond donors (Lipinski definition) is 5. The molecule has 0 aliphatic carbocycles. The van der Waals surface area contributed by atoms with E-state index in [2.05, 4.69) is 51.2 Å². The second kappa shape index (κ2) is 15.9. The first-order chi connectivity index (χ1) is 16.1. The van der Waals surface area contributed by atoms with Crippen molar-refractivity contribution in [3.63, 3.8) is 0 Å². The van der Waals surface area contributed by atoms with Gasteiger partial charge in [-0.2, -0.15) is 12.6 Å². The third kappa shape index (κ3) is 11.5. The topological polar surface area (TPSA) is 140 Å². The number of nitrogens with one attached hydrogen (secondary N) is 3. The van der Waals surface area contributed by atoms with Gasteiger partial charge in [-0.25, -0.2) is 0 Å². The van der Waals surface area contributed by atoms with Gasteiger partial charge in [-0.3, -0.25) is 19.2 Å². The highest BCUT2D eigenvalue weighted by Crippen LogP contribution is 2.11. The minimum atomic E-state index is -0.986. The normalized spacial score (nSPS) is 13.6. The lowest BCUT2D eigenvalue weighted by atomic mass is 10.0. The Hall–Kier alpha value is -1.86. The van der Waals surface area contributed by atoms with Gasteiger partial charge in [-0.05, 0) is 66.0 Å². The van der Waals surface area contributed by atoms with Gasteiger partial charge < -0.3 is 26.4 Å². The average Bonchev–Trinajstić information content (AvgIpc) is 2.78. The van der Waals surface area contributed by atoms with Crippen molar-refractivity contribution in [2.24, 2.45) is 11.7 Å². The minimum absolute atomic E-state index is 0.0236. The van der Waals surface area contributed by atoms with E-state index in [4.69, 9.17) is 10.5 Å². The van der Waals surface area contributed by atoms with Crippen LogP contribution in [-0.4, -0.2) is 60.7 Å². The molecule has 1 aromatic rings. The first kappa shape index (κ1) is 30.2. The molecule has 4 amide bonds. The van der Waals surface area contributed by atoms with Gasteiger partial charge in [0.05, 0.1) is 0 Å². The molecule has 0 bridgehead atoms. The van der Waals surface area contributed by atoms with Gasteiger partial charge in [0.2, 0.25) is 23.6 Å². The lowest BCUT2D eigenvalue weighted by molar-refractivity contribution is -0.134. The maximum Gasteiger partial charge on any atom is 0.246 e. The highest BCUT2D eigenvalue weighted by molar-refractivity contribution is 14.1. The summed E-state index contributed by atoms with van der Waals surface area (Å²) in [4.78, 5) is 49.9. The maximum absolute atomic E-state index is 13.2. The molecule has 11 heteroatoms. The zero-order valence-corrected chi connectivity index (χ0v) is 22.9. The summed E-state index contributed by atoms with van der Waals surface area (Å²) in [7, 11) is 0. The number of benzene rings is 1. The summed E-state index contributed by atoms with van der Waals surface area (Å²) in [6, 6.07) is 4.71. The van der Waals surface area contributed by atoms with Crippen molar-refractivity contribution < 1.29 is 23.9 Å². The summed E-state index contributed by atoms with van der Waals surface area (Å²) in [5.74, 6) is -1.84. The Kier molecular flexibility index (Phi) is 14.1. The third-order valence-corrected chi connectivity index (χ3v) is 6.03. The van der Waals surface area contributed by atoms with E-state index in [1.807, 2.05) is 38.1 Å². The van der Waals surface area contributed by atoms with Crippen molar-refractivity contribution in [1.82, 2.24) is 16.0 Å². The molecule has 0 saturated carbocycles. The molecular formula is C23H35IN4O5S. The van der Waals surface area contributed by atoms with Crippen LogP contribution in [0.3, 0.4) is 0 Å². The first-order valence-electron chi connectivity index (χ1n) is 11.2. The standard InChI is InChI=1S/C23H35IN4O5S/c1-4-33-12-20(29)26-17(10-5-14(2)3)22(31)27-18(11-15-6-8-16(24)9-7-15)23(32)28-19(13-34)21(25)30/h6-9,14,17-19,34H,4-5,10-13H2,1-3H3,(H2,25,30)(H,26,29)(H,27,31)(H,28,32)/t17-,18-,19-/m0/s1. The van der Waals surface area contributed by atoms with Crippen molar-refractivity contribution in [3.8, 4) is 0 Å². The summed E-state index contributed by atoms with van der Waals surface area (Å²) in [5, 5.41) is 7.99. The quantitative estimate of drug-likeness (QED) is 0.151. The number of ether oxygens (including phenoxy) is 1. The fraction of sp³-hybridized carbons (Fsp3) is 0.565. The average molecular weight is 607 g/mol. The number of primary amides is 1. The number of amides is 4. The van der Waals surface area contributed by atoms with Crippen molar-refractivity contribution >= 4 is 58.8 Å². The van der Waals surface area contributed by atoms with Gasteiger partial charge in [-0.15, -0.1) is 0 Å². The van der Waals surface area contributed by atoms with Crippen LogP contribution in [-0.2, 0) is 30.3 Å². The second-order valence-electron chi connectivity index (χ2n) is 8.27. The number of rotatable bonds is 15. The Morgan fingerprint density at radius 1 is 0.971 bits per heavy atom. The van der Waals surface area contributed by atoms with Crippen LogP contribution in [0.4, 0.5) is 0 Å². The zero-order valence-electron chi connectivity index (χ0n) is 19.8. The predicted molar refractivity (Wildman–Crippen MR) is 142 cm³/mol. The Bertz CT molecular complexity index is 822. The van der Waals surface area contributed by atoms with Gasteiger partial charge in [0.15, 0.2) is 0 Å². The van der Waals surface area contributed by atoms with E-state index in [1.165, 1.54) is 0 Å². The molecule has 1 rings (SSSR count). The van der Waals surface area contributed by atoms with Gasteiger partial charge in [-0.1, -0.05) is 26.0 Å². The fourth-order valence-corrected chi connectivity index (χ4v) is 3.65. The molecule has 34 heavy (non-hydrogen) atoms. The van der Waals surface area contributed by atoms with Crippen LogP contribution in [0.25, 0.3) is 0 Å². The third-order valence-electron chi connectivity index (χ3n) is 4.95. The Morgan fingerprint density at radius 3 is 2.09 bits per heavy atom. The van der Waals surface area contributed by atoms with Crippen LogP contribution in [0.5, 0.6) is 0 Å². The Balaban J connectivity index is 3.06. The number of hydrogen-bond acceptors (Lipinski definition) is 6. The molecule has 0 aliphatic rings. The van der Waals surface area contributed by atoms with Crippen molar-refractivity contribution in [3.05, 3.63) is 33.4 Å². The number of halogens is 1. The predicted octanol–water partition coefficient (Wildman–Crippen LogP) is 1.18. The molecule has 0 unspecified atom stereocenters. The number of thiol groups is 1. The molecule has 5 N–H and O–H groups in total. The summed E-state index contributed by atoms with van der Waals surface area (Å²) in [6.45, 7) is 6.03. The molecule has 0 spiro atoms. The number of nitrogens with two attached hydrogens (primary N) is 1. The molecule has 0 aromatic heterocycles. The SMILES string of the molecule is CCOCC(=O)N[C@@H](CCC(C)C)C(=O)N[C@@H](Cc1ccc(I)cc1)C(=O)N[C@@H](CS)C(N)=O. The molecule has 190 valence electrons.